The molecule has 18 heavy (non-hydrogen) atoms. The minimum absolute atomic E-state index is 0.191. The summed E-state index contributed by atoms with van der Waals surface area (Å²) in [7, 11) is 0. The largest absolute Gasteiger partial charge is 0.480 e. The second-order valence-corrected chi connectivity index (χ2v) is 5.49. The van der Waals surface area contributed by atoms with E-state index in [-0.39, 0.29) is 11.3 Å². The van der Waals surface area contributed by atoms with Crippen LogP contribution < -0.4 is 0 Å². The van der Waals surface area contributed by atoms with E-state index in [9.17, 15) is 9.59 Å². The van der Waals surface area contributed by atoms with Gasteiger partial charge in [-0.1, -0.05) is 29.8 Å². The van der Waals surface area contributed by atoms with Gasteiger partial charge in [0.25, 0.3) is 0 Å². The Balaban J connectivity index is 2.33. The summed E-state index contributed by atoms with van der Waals surface area (Å²) >= 11 is 1.50. The van der Waals surface area contributed by atoms with Gasteiger partial charge in [0, 0.05) is 12.7 Å². The molecule has 2 atom stereocenters. The van der Waals surface area contributed by atoms with Crippen LogP contribution in [0.4, 0.5) is 0 Å². The number of carboxylic acids is 1. The molecule has 1 N–H and O–H groups in total. The Hall–Kier alpha value is -1.49. The molecule has 0 aromatic heterocycles. The van der Waals surface area contributed by atoms with Crippen LogP contribution in [0.3, 0.4) is 0 Å². The topological polar surface area (TPSA) is 57.6 Å². The van der Waals surface area contributed by atoms with Crippen LogP contribution in [-0.4, -0.2) is 33.7 Å². The van der Waals surface area contributed by atoms with Gasteiger partial charge in [-0.25, -0.2) is 4.79 Å². The Morgan fingerprint density at radius 1 is 1.44 bits per heavy atom. The SMILES string of the molecule is CC(=O)N1[C@@H](c2cccc(C)c2)SC[C@H]1C(=O)O. The number of carbonyl (C=O) groups excluding carboxylic acids is 1. The molecule has 0 radical (unpaired) electrons. The van der Waals surface area contributed by atoms with Crippen molar-refractivity contribution in [2.45, 2.75) is 25.3 Å². The van der Waals surface area contributed by atoms with Crippen molar-refractivity contribution in [3.05, 3.63) is 35.4 Å². The van der Waals surface area contributed by atoms with Gasteiger partial charge in [-0.15, -0.1) is 11.8 Å². The number of amides is 1. The predicted molar refractivity (Wildman–Crippen MR) is 70.3 cm³/mol. The fourth-order valence-electron chi connectivity index (χ4n) is 2.16. The standard InChI is InChI=1S/C13H15NO3S/c1-8-4-3-5-10(6-8)12-14(9(2)15)11(7-18-12)13(16)17/h3-6,11-12H,7H2,1-2H3,(H,16,17)/t11-,12+/m0/s1. The number of hydrogen-bond donors (Lipinski definition) is 1. The molecule has 5 heteroatoms. The first-order valence-electron chi connectivity index (χ1n) is 5.70. The third-order valence-corrected chi connectivity index (χ3v) is 4.30. The number of hydrogen-bond acceptors (Lipinski definition) is 3. The lowest BCUT2D eigenvalue weighted by Crippen LogP contribution is -2.41. The summed E-state index contributed by atoms with van der Waals surface area (Å²) in [6.45, 7) is 3.40. The molecule has 96 valence electrons. The number of aryl methyl sites for hydroxylation is 1. The van der Waals surface area contributed by atoms with Gasteiger partial charge in [0.15, 0.2) is 0 Å². The molecule has 0 aliphatic carbocycles. The van der Waals surface area contributed by atoms with Gasteiger partial charge in [0.2, 0.25) is 5.91 Å². The first kappa shape index (κ1) is 13.0. The van der Waals surface area contributed by atoms with Gasteiger partial charge >= 0.3 is 5.97 Å². The lowest BCUT2D eigenvalue weighted by atomic mass is 10.1. The second kappa shape index (κ2) is 5.02. The van der Waals surface area contributed by atoms with Crippen LogP contribution in [0, 0.1) is 6.92 Å². The smallest absolute Gasteiger partial charge is 0.327 e. The Kier molecular flexibility index (Phi) is 3.61. The number of thioether (sulfide) groups is 1. The third kappa shape index (κ3) is 2.36. The summed E-state index contributed by atoms with van der Waals surface area (Å²) < 4.78 is 0. The Morgan fingerprint density at radius 3 is 2.72 bits per heavy atom. The van der Waals surface area contributed by atoms with Gasteiger partial charge in [-0.05, 0) is 12.5 Å². The van der Waals surface area contributed by atoms with Crippen molar-refractivity contribution < 1.29 is 14.7 Å². The molecule has 0 spiro atoms. The molecule has 1 aromatic rings. The number of carboxylic acid groups (broad SMARTS) is 1. The predicted octanol–water partition coefficient (Wildman–Crippen LogP) is 2.04. The van der Waals surface area contributed by atoms with E-state index in [0.717, 1.165) is 11.1 Å². The Bertz CT molecular complexity index is 489. The van der Waals surface area contributed by atoms with Gasteiger partial charge in [-0.3, -0.25) is 4.79 Å². The van der Waals surface area contributed by atoms with Crippen LogP contribution >= 0.6 is 11.8 Å². The third-order valence-electron chi connectivity index (χ3n) is 2.98. The van der Waals surface area contributed by atoms with E-state index in [0.29, 0.717) is 5.75 Å². The summed E-state index contributed by atoms with van der Waals surface area (Å²) in [6, 6.07) is 7.12. The highest BCUT2D eigenvalue weighted by Crippen LogP contribution is 2.41. The maximum Gasteiger partial charge on any atom is 0.327 e. The van der Waals surface area contributed by atoms with E-state index < -0.39 is 12.0 Å². The molecule has 1 aliphatic heterocycles. The fourth-order valence-corrected chi connectivity index (χ4v) is 3.62. The highest BCUT2D eigenvalue weighted by atomic mass is 32.2. The van der Waals surface area contributed by atoms with Crippen LogP contribution in [0.1, 0.15) is 23.4 Å². The van der Waals surface area contributed by atoms with E-state index in [4.69, 9.17) is 5.11 Å². The molecule has 1 heterocycles. The first-order valence-corrected chi connectivity index (χ1v) is 6.75. The van der Waals surface area contributed by atoms with Gasteiger partial charge < -0.3 is 10.0 Å². The van der Waals surface area contributed by atoms with Gasteiger partial charge in [0.1, 0.15) is 11.4 Å². The summed E-state index contributed by atoms with van der Waals surface area (Å²) in [5.74, 6) is -0.695. The van der Waals surface area contributed by atoms with Crippen molar-refractivity contribution in [1.29, 1.82) is 0 Å². The van der Waals surface area contributed by atoms with Crippen LogP contribution in [0.5, 0.6) is 0 Å². The van der Waals surface area contributed by atoms with E-state index in [1.807, 2.05) is 31.2 Å². The molecule has 0 unspecified atom stereocenters. The van der Waals surface area contributed by atoms with Crippen molar-refractivity contribution in [2.24, 2.45) is 0 Å². The zero-order valence-corrected chi connectivity index (χ0v) is 11.1. The number of benzene rings is 1. The summed E-state index contributed by atoms with van der Waals surface area (Å²) in [6.07, 6.45) is 0. The normalized spacial score (nSPS) is 23.1. The lowest BCUT2D eigenvalue weighted by molar-refractivity contribution is -0.148. The fraction of sp³-hybridized carbons (Fsp3) is 0.385. The molecule has 1 aromatic carbocycles. The van der Waals surface area contributed by atoms with Crippen LogP contribution in [0.25, 0.3) is 0 Å². The van der Waals surface area contributed by atoms with E-state index >= 15 is 0 Å². The zero-order chi connectivity index (χ0) is 13.3. The van der Waals surface area contributed by atoms with Crippen LogP contribution in [0.2, 0.25) is 0 Å². The minimum atomic E-state index is -0.937. The molecule has 1 amide bonds. The van der Waals surface area contributed by atoms with Crippen molar-refractivity contribution in [3.8, 4) is 0 Å². The molecule has 0 saturated carbocycles. The molecule has 1 aliphatic rings. The monoisotopic (exact) mass is 265 g/mol. The van der Waals surface area contributed by atoms with Crippen molar-refractivity contribution in [2.75, 3.05) is 5.75 Å². The first-order chi connectivity index (χ1) is 8.50. The highest BCUT2D eigenvalue weighted by molar-refractivity contribution is 7.99. The number of aliphatic carboxylic acids is 1. The maximum absolute atomic E-state index is 11.7. The Morgan fingerprint density at radius 2 is 2.17 bits per heavy atom. The number of rotatable bonds is 2. The van der Waals surface area contributed by atoms with Crippen molar-refractivity contribution >= 4 is 23.6 Å². The summed E-state index contributed by atoms with van der Waals surface area (Å²) in [5.41, 5.74) is 2.09. The second-order valence-electron chi connectivity index (χ2n) is 4.38. The Labute approximate surface area is 110 Å². The number of nitrogens with zero attached hydrogens (tertiary/aromatic N) is 1. The minimum Gasteiger partial charge on any atom is -0.480 e. The lowest BCUT2D eigenvalue weighted by Gasteiger charge is -2.26. The van der Waals surface area contributed by atoms with E-state index in [1.54, 1.807) is 0 Å². The molecule has 4 nitrogen and oxygen atoms in total. The van der Waals surface area contributed by atoms with Gasteiger partial charge in [0.05, 0.1) is 0 Å². The molecule has 0 bridgehead atoms. The van der Waals surface area contributed by atoms with E-state index in [1.165, 1.54) is 23.6 Å². The summed E-state index contributed by atoms with van der Waals surface area (Å²) in [5, 5.41) is 8.95. The molecular weight excluding hydrogens is 250 g/mol. The quantitative estimate of drug-likeness (QED) is 0.889. The summed E-state index contributed by atoms with van der Waals surface area (Å²) in [4.78, 5) is 24.3. The average molecular weight is 265 g/mol. The van der Waals surface area contributed by atoms with Crippen molar-refractivity contribution in [1.82, 2.24) is 4.90 Å². The highest BCUT2D eigenvalue weighted by Gasteiger charge is 2.40. The van der Waals surface area contributed by atoms with Crippen LogP contribution in [0.15, 0.2) is 24.3 Å². The van der Waals surface area contributed by atoms with E-state index in [2.05, 4.69) is 0 Å². The molecule has 1 saturated heterocycles. The zero-order valence-electron chi connectivity index (χ0n) is 10.3. The molecule has 2 rings (SSSR count). The average Bonchev–Trinajstić information content (AvgIpc) is 2.73. The van der Waals surface area contributed by atoms with Gasteiger partial charge in [-0.2, -0.15) is 0 Å². The maximum atomic E-state index is 11.7. The van der Waals surface area contributed by atoms with Crippen LogP contribution in [-0.2, 0) is 9.59 Å². The molecule has 1 fully saturated rings. The van der Waals surface area contributed by atoms with Crippen molar-refractivity contribution in [3.63, 3.8) is 0 Å². The number of carbonyl (C=O) groups is 2. The molecular formula is C13H15NO3S.